The van der Waals surface area contributed by atoms with Crippen molar-refractivity contribution in [2.75, 3.05) is 18.9 Å². The normalized spacial score (nSPS) is 10.8. The standard InChI is InChI=1S/C14H20FN3O2/c1-14(2,3)17-12(19)9-18(4)13(20)16-11-7-5-6-10(15)8-11/h5-8H,9H2,1-4H3,(H,16,20)(H,17,19). The Hall–Kier alpha value is -2.11. The molecular weight excluding hydrogens is 261 g/mol. The highest BCUT2D eigenvalue weighted by atomic mass is 19.1. The number of likely N-dealkylation sites (N-methyl/N-ethyl adjacent to an activating group) is 1. The first-order valence-electron chi connectivity index (χ1n) is 6.26. The summed E-state index contributed by atoms with van der Waals surface area (Å²) in [6.45, 7) is 5.51. The van der Waals surface area contributed by atoms with Gasteiger partial charge in [-0.2, -0.15) is 0 Å². The summed E-state index contributed by atoms with van der Waals surface area (Å²) in [5.41, 5.74) is -0.00480. The monoisotopic (exact) mass is 281 g/mol. The van der Waals surface area contributed by atoms with Crippen molar-refractivity contribution in [2.45, 2.75) is 26.3 Å². The van der Waals surface area contributed by atoms with E-state index in [-0.39, 0.29) is 18.0 Å². The van der Waals surface area contributed by atoms with Crippen molar-refractivity contribution in [3.63, 3.8) is 0 Å². The maximum atomic E-state index is 13.0. The van der Waals surface area contributed by atoms with Gasteiger partial charge < -0.3 is 15.5 Å². The van der Waals surface area contributed by atoms with Gasteiger partial charge in [0.05, 0.1) is 0 Å². The molecule has 0 aliphatic carbocycles. The van der Waals surface area contributed by atoms with E-state index in [1.54, 1.807) is 6.07 Å². The van der Waals surface area contributed by atoms with Gasteiger partial charge in [0, 0.05) is 18.3 Å². The van der Waals surface area contributed by atoms with Gasteiger partial charge in [0.1, 0.15) is 12.4 Å². The lowest BCUT2D eigenvalue weighted by Crippen LogP contribution is -2.47. The van der Waals surface area contributed by atoms with Crippen molar-refractivity contribution >= 4 is 17.6 Å². The van der Waals surface area contributed by atoms with Crippen molar-refractivity contribution in [1.29, 1.82) is 0 Å². The lowest BCUT2D eigenvalue weighted by Gasteiger charge is -2.23. The van der Waals surface area contributed by atoms with Crippen molar-refractivity contribution in [3.8, 4) is 0 Å². The Morgan fingerprint density at radius 1 is 1.30 bits per heavy atom. The van der Waals surface area contributed by atoms with Crippen LogP contribution < -0.4 is 10.6 Å². The van der Waals surface area contributed by atoms with Gasteiger partial charge in [-0.05, 0) is 39.0 Å². The van der Waals surface area contributed by atoms with Crippen LogP contribution in [0.2, 0.25) is 0 Å². The van der Waals surface area contributed by atoms with Crippen LogP contribution in [0.15, 0.2) is 24.3 Å². The number of carbonyl (C=O) groups excluding carboxylic acids is 2. The Balaban J connectivity index is 2.53. The fraction of sp³-hybridized carbons (Fsp3) is 0.429. The molecule has 110 valence electrons. The van der Waals surface area contributed by atoms with E-state index in [9.17, 15) is 14.0 Å². The Kier molecular flexibility index (Phi) is 5.07. The van der Waals surface area contributed by atoms with E-state index < -0.39 is 11.8 Å². The molecule has 0 spiro atoms. The third-order valence-electron chi connectivity index (χ3n) is 2.32. The van der Waals surface area contributed by atoms with E-state index in [1.165, 1.54) is 30.1 Å². The van der Waals surface area contributed by atoms with Crippen LogP contribution in [0.1, 0.15) is 20.8 Å². The molecule has 0 atom stereocenters. The second kappa shape index (κ2) is 6.36. The summed E-state index contributed by atoms with van der Waals surface area (Å²) in [5, 5.41) is 5.27. The van der Waals surface area contributed by atoms with E-state index in [4.69, 9.17) is 0 Å². The second-order valence-electron chi connectivity index (χ2n) is 5.59. The Morgan fingerprint density at radius 3 is 2.50 bits per heavy atom. The number of carbonyl (C=O) groups is 2. The molecular formula is C14H20FN3O2. The third kappa shape index (κ3) is 5.69. The highest BCUT2D eigenvalue weighted by molar-refractivity contribution is 5.92. The van der Waals surface area contributed by atoms with Crippen molar-refractivity contribution in [1.82, 2.24) is 10.2 Å². The first-order chi connectivity index (χ1) is 9.17. The molecule has 6 heteroatoms. The Bertz CT molecular complexity index is 497. The SMILES string of the molecule is CN(CC(=O)NC(C)(C)C)C(=O)Nc1cccc(F)c1. The van der Waals surface area contributed by atoms with Gasteiger partial charge in [0.25, 0.3) is 0 Å². The molecule has 20 heavy (non-hydrogen) atoms. The van der Waals surface area contributed by atoms with Crippen LogP contribution in [-0.4, -0.2) is 36.0 Å². The minimum Gasteiger partial charge on any atom is -0.350 e. The molecule has 0 saturated carbocycles. The summed E-state index contributed by atoms with van der Waals surface area (Å²) in [7, 11) is 1.50. The maximum absolute atomic E-state index is 13.0. The molecule has 0 heterocycles. The number of halogens is 1. The number of anilines is 1. The van der Waals surface area contributed by atoms with Crippen molar-refractivity contribution in [2.24, 2.45) is 0 Å². The average molecular weight is 281 g/mol. The summed E-state index contributed by atoms with van der Waals surface area (Å²) in [6, 6.07) is 5.10. The minimum atomic E-state index is -0.473. The first kappa shape index (κ1) is 15.9. The van der Waals surface area contributed by atoms with Crippen molar-refractivity contribution in [3.05, 3.63) is 30.1 Å². The fourth-order valence-electron chi connectivity index (χ4n) is 1.53. The third-order valence-corrected chi connectivity index (χ3v) is 2.32. The molecule has 0 aliphatic heterocycles. The molecule has 0 saturated heterocycles. The number of rotatable bonds is 3. The average Bonchev–Trinajstić information content (AvgIpc) is 2.25. The Labute approximate surface area is 118 Å². The van der Waals surface area contributed by atoms with E-state index in [1.807, 2.05) is 20.8 Å². The molecule has 0 radical (unpaired) electrons. The van der Waals surface area contributed by atoms with E-state index in [0.29, 0.717) is 5.69 Å². The molecule has 2 N–H and O–H groups in total. The lowest BCUT2D eigenvalue weighted by atomic mass is 10.1. The smallest absolute Gasteiger partial charge is 0.322 e. The first-order valence-corrected chi connectivity index (χ1v) is 6.26. The number of benzene rings is 1. The van der Waals surface area contributed by atoms with Crippen LogP contribution in [0.3, 0.4) is 0 Å². The highest BCUT2D eigenvalue weighted by Gasteiger charge is 2.17. The van der Waals surface area contributed by atoms with Crippen molar-refractivity contribution < 1.29 is 14.0 Å². The largest absolute Gasteiger partial charge is 0.350 e. The van der Waals surface area contributed by atoms with E-state index in [2.05, 4.69) is 10.6 Å². The van der Waals surface area contributed by atoms with E-state index in [0.717, 1.165) is 0 Å². The Morgan fingerprint density at radius 2 is 1.95 bits per heavy atom. The van der Waals surface area contributed by atoms with Crippen LogP contribution >= 0.6 is 0 Å². The van der Waals surface area contributed by atoms with Crippen LogP contribution in [-0.2, 0) is 4.79 Å². The van der Waals surface area contributed by atoms with Crippen LogP contribution in [0, 0.1) is 5.82 Å². The number of hydrogen-bond donors (Lipinski definition) is 2. The minimum absolute atomic E-state index is 0.0710. The van der Waals surface area contributed by atoms with Crippen LogP contribution in [0.4, 0.5) is 14.9 Å². The van der Waals surface area contributed by atoms with Gasteiger partial charge in [-0.3, -0.25) is 4.79 Å². The lowest BCUT2D eigenvalue weighted by molar-refractivity contribution is -0.122. The molecule has 1 rings (SSSR count). The van der Waals surface area contributed by atoms with Gasteiger partial charge >= 0.3 is 6.03 Å². The molecule has 1 aromatic rings. The summed E-state index contributed by atoms with van der Waals surface area (Å²) in [4.78, 5) is 24.8. The van der Waals surface area contributed by atoms with Gasteiger partial charge in [0.2, 0.25) is 5.91 Å². The second-order valence-corrected chi connectivity index (χ2v) is 5.59. The highest BCUT2D eigenvalue weighted by Crippen LogP contribution is 2.09. The molecule has 3 amide bonds. The molecule has 0 fully saturated rings. The van der Waals surface area contributed by atoms with Crippen LogP contribution in [0.5, 0.6) is 0 Å². The maximum Gasteiger partial charge on any atom is 0.322 e. The summed E-state index contributed by atoms with van der Waals surface area (Å²) < 4.78 is 13.0. The molecule has 0 aromatic heterocycles. The molecule has 0 unspecified atom stereocenters. The van der Waals surface area contributed by atoms with Crippen LogP contribution in [0.25, 0.3) is 0 Å². The van der Waals surface area contributed by atoms with Gasteiger partial charge in [-0.15, -0.1) is 0 Å². The number of nitrogens with zero attached hydrogens (tertiary/aromatic N) is 1. The zero-order valence-electron chi connectivity index (χ0n) is 12.2. The zero-order chi connectivity index (χ0) is 15.3. The fourth-order valence-corrected chi connectivity index (χ4v) is 1.53. The van der Waals surface area contributed by atoms with E-state index >= 15 is 0 Å². The topological polar surface area (TPSA) is 61.4 Å². The summed E-state index contributed by atoms with van der Waals surface area (Å²) in [6.07, 6.45) is 0. The van der Waals surface area contributed by atoms with Gasteiger partial charge in [0.15, 0.2) is 0 Å². The number of hydrogen-bond acceptors (Lipinski definition) is 2. The summed E-state index contributed by atoms with van der Waals surface area (Å²) in [5.74, 6) is -0.690. The van der Waals surface area contributed by atoms with Gasteiger partial charge in [-0.1, -0.05) is 6.07 Å². The zero-order valence-corrected chi connectivity index (χ0v) is 12.2. The number of nitrogens with one attached hydrogen (secondary N) is 2. The van der Waals surface area contributed by atoms with Gasteiger partial charge in [-0.25, -0.2) is 9.18 Å². The predicted molar refractivity (Wildman–Crippen MR) is 75.9 cm³/mol. The number of urea groups is 1. The molecule has 0 bridgehead atoms. The quantitative estimate of drug-likeness (QED) is 0.892. The molecule has 5 nitrogen and oxygen atoms in total. The number of amides is 3. The molecule has 0 aliphatic rings. The predicted octanol–water partition coefficient (Wildman–Crippen LogP) is 2.20. The molecule has 1 aromatic carbocycles. The summed E-state index contributed by atoms with van der Waals surface area (Å²) >= 11 is 0.